The van der Waals surface area contributed by atoms with E-state index in [1.807, 2.05) is 27.7 Å². The minimum Gasteiger partial charge on any atom is -0.450 e. The number of carbonyl (C=O) groups excluding carboxylic acids is 1. The van der Waals surface area contributed by atoms with Gasteiger partial charge in [0.05, 0.1) is 23.7 Å². The second-order valence-electron chi connectivity index (χ2n) is 4.43. The van der Waals surface area contributed by atoms with Gasteiger partial charge >= 0.3 is 6.09 Å². The quantitative estimate of drug-likeness (QED) is 0.535. The van der Waals surface area contributed by atoms with Gasteiger partial charge in [-0.1, -0.05) is 39.8 Å². The van der Waals surface area contributed by atoms with E-state index in [1.54, 1.807) is 43.5 Å². The van der Waals surface area contributed by atoms with Crippen LogP contribution in [0.2, 0.25) is 0 Å². The first-order valence-corrected chi connectivity index (χ1v) is 8.71. The number of carbonyl (C=O) groups is 1. The van der Waals surface area contributed by atoms with Gasteiger partial charge in [0.15, 0.2) is 0 Å². The van der Waals surface area contributed by atoms with Gasteiger partial charge in [-0.25, -0.2) is 9.18 Å². The van der Waals surface area contributed by atoms with Crippen LogP contribution in [0, 0.1) is 5.82 Å². The number of nitrogen functional groups attached to an aromatic ring is 1. The third kappa shape index (κ3) is 8.28. The van der Waals surface area contributed by atoms with Crippen LogP contribution < -0.4 is 11.1 Å². The number of rotatable bonds is 4. The molecule has 0 radical (unpaired) electrons. The molecule has 0 aliphatic rings. The molecular weight excluding hydrogens is 333 g/mol. The molecule has 2 aromatic carbocycles. The summed E-state index contributed by atoms with van der Waals surface area (Å²) in [5.41, 5.74) is 8.09. The number of amides is 1. The third-order valence-corrected chi connectivity index (χ3v) is 2.78. The van der Waals surface area contributed by atoms with Gasteiger partial charge in [0, 0.05) is 6.21 Å². The van der Waals surface area contributed by atoms with Crippen molar-refractivity contribution in [2.24, 2.45) is 4.99 Å². The van der Waals surface area contributed by atoms with Crippen molar-refractivity contribution >= 4 is 29.4 Å². The topological polar surface area (TPSA) is 76.7 Å². The lowest BCUT2D eigenvalue weighted by Crippen LogP contribution is -2.14. The summed E-state index contributed by atoms with van der Waals surface area (Å²) >= 11 is 0. The van der Waals surface area contributed by atoms with E-state index in [-0.39, 0.29) is 12.4 Å². The van der Waals surface area contributed by atoms with Crippen molar-refractivity contribution in [1.82, 2.24) is 0 Å². The second-order valence-corrected chi connectivity index (χ2v) is 4.43. The maximum Gasteiger partial charge on any atom is 0.411 e. The van der Waals surface area contributed by atoms with Crippen molar-refractivity contribution in [3.05, 3.63) is 53.8 Å². The minimum absolute atomic E-state index is 0.284. The normalized spacial score (nSPS) is 9.46. The molecule has 1 amide bonds. The van der Waals surface area contributed by atoms with Gasteiger partial charge in [0.2, 0.25) is 0 Å². The van der Waals surface area contributed by atoms with Crippen molar-refractivity contribution in [2.45, 2.75) is 34.6 Å². The molecule has 0 aliphatic carbocycles. The summed E-state index contributed by atoms with van der Waals surface area (Å²) in [7, 11) is 0. The van der Waals surface area contributed by atoms with E-state index < -0.39 is 6.09 Å². The van der Waals surface area contributed by atoms with E-state index in [1.165, 1.54) is 12.1 Å². The van der Waals surface area contributed by atoms with E-state index >= 15 is 0 Å². The smallest absolute Gasteiger partial charge is 0.411 e. The van der Waals surface area contributed by atoms with E-state index in [9.17, 15) is 9.18 Å². The lowest BCUT2D eigenvalue weighted by molar-refractivity contribution is 0.168. The van der Waals surface area contributed by atoms with Crippen molar-refractivity contribution in [3.63, 3.8) is 0 Å². The number of anilines is 2. The predicted molar refractivity (Wildman–Crippen MR) is 108 cm³/mol. The van der Waals surface area contributed by atoms with Crippen molar-refractivity contribution < 1.29 is 13.9 Å². The SMILES string of the molecule is CC.CC.CCOC(=O)Nc1ccc(N=Cc2ccc(F)cc2)cc1N. The molecular formula is C20H28FN3O2. The molecule has 0 saturated carbocycles. The van der Waals surface area contributed by atoms with Crippen LogP contribution in [0.15, 0.2) is 47.5 Å². The zero-order valence-corrected chi connectivity index (χ0v) is 16.0. The fraction of sp³-hybridized carbons (Fsp3) is 0.300. The number of halogens is 1. The minimum atomic E-state index is -0.559. The van der Waals surface area contributed by atoms with Crippen LogP contribution in [-0.4, -0.2) is 18.9 Å². The largest absolute Gasteiger partial charge is 0.450 e. The second kappa shape index (κ2) is 13.4. The maximum absolute atomic E-state index is 12.8. The van der Waals surface area contributed by atoms with Crippen molar-refractivity contribution in [3.8, 4) is 0 Å². The Morgan fingerprint density at radius 1 is 1.15 bits per heavy atom. The van der Waals surface area contributed by atoms with E-state index in [0.29, 0.717) is 17.1 Å². The zero-order valence-electron chi connectivity index (χ0n) is 16.0. The Bertz CT molecular complexity index is 686. The number of nitrogens with two attached hydrogens (primary N) is 1. The first-order valence-electron chi connectivity index (χ1n) is 8.71. The summed E-state index contributed by atoms with van der Waals surface area (Å²) in [5.74, 6) is -0.296. The third-order valence-electron chi connectivity index (χ3n) is 2.78. The Hall–Kier alpha value is -2.89. The molecule has 142 valence electrons. The Balaban J connectivity index is 0.00000146. The lowest BCUT2D eigenvalue weighted by atomic mass is 10.2. The molecule has 0 heterocycles. The highest BCUT2D eigenvalue weighted by Gasteiger charge is 2.05. The van der Waals surface area contributed by atoms with Gasteiger partial charge in [-0.3, -0.25) is 10.3 Å². The van der Waals surface area contributed by atoms with Crippen molar-refractivity contribution in [1.29, 1.82) is 0 Å². The fourth-order valence-electron chi connectivity index (χ4n) is 1.72. The van der Waals surface area contributed by atoms with Crippen LogP contribution in [0.3, 0.4) is 0 Å². The van der Waals surface area contributed by atoms with Gasteiger partial charge in [0.1, 0.15) is 5.82 Å². The van der Waals surface area contributed by atoms with Gasteiger partial charge < -0.3 is 10.5 Å². The van der Waals surface area contributed by atoms with E-state index in [4.69, 9.17) is 10.5 Å². The fourth-order valence-corrected chi connectivity index (χ4v) is 1.72. The summed E-state index contributed by atoms with van der Waals surface area (Å²) in [6.07, 6.45) is 1.05. The summed E-state index contributed by atoms with van der Waals surface area (Å²) in [6, 6.07) is 10.9. The van der Waals surface area contributed by atoms with Crippen LogP contribution in [0.25, 0.3) is 0 Å². The molecule has 0 aliphatic heterocycles. The summed E-state index contributed by atoms with van der Waals surface area (Å²) < 4.78 is 17.6. The van der Waals surface area contributed by atoms with Crippen LogP contribution in [-0.2, 0) is 4.74 Å². The molecule has 2 aromatic rings. The molecule has 0 unspecified atom stereocenters. The average molecular weight is 361 g/mol. The molecule has 3 N–H and O–H groups in total. The van der Waals surface area contributed by atoms with Gasteiger partial charge in [-0.05, 0) is 42.8 Å². The van der Waals surface area contributed by atoms with Gasteiger partial charge in [-0.2, -0.15) is 0 Å². The first kappa shape index (κ1) is 23.1. The Kier molecular flexibility index (Phi) is 11.9. The molecule has 0 bridgehead atoms. The first-order chi connectivity index (χ1) is 12.6. The predicted octanol–water partition coefficient (Wildman–Crippen LogP) is 5.78. The van der Waals surface area contributed by atoms with E-state index in [0.717, 1.165) is 5.56 Å². The lowest BCUT2D eigenvalue weighted by Gasteiger charge is -2.08. The highest BCUT2D eigenvalue weighted by atomic mass is 19.1. The summed E-state index contributed by atoms with van der Waals surface area (Å²) in [5, 5.41) is 2.54. The maximum atomic E-state index is 12.8. The summed E-state index contributed by atoms with van der Waals surface area (Å²) in [4.78, 5) is 15.6. The van der Waals surface area contributed by atoms with Gasteiger partial charge in [-0.15, -0.1) is 0 Å². The van der Waals surface area contributed by atoms with Gasteiger partial charge in [0.25, 0.3) is 0 Å². The monoisotopic (exact) mass is 361 g/mol. The zero-order chi connectivity index (χ0) is 19.9. The summed E-state index contributed by atoms with van der Waals surface area (Å²) in [6.45, 7) is 10.0. The number of ether oxygens (including phenoxy) is 1. The molecule has 2 rings (SSSR count). The van der Waals surface area contributed by atoms with Crippen LogP contribution in [0.4, 0.5) is 26.2 Å². The number of hydrogen-bond donors (Lipinski definition) is 2. The highest BCUT2D eigenvalue weighted by molar-refractivity contribution is 5.90. The highest BCUT2D eigenvalue weighted by Crippen LogP contribution is 2.24. The standard InChI is InChI=1S/C16H16FN3O2.2C2H6/c1-2-22-16(21)20-15-8-7-13(9-14(15)18)19-10-11-3-5-12(17)6-4-11;2*1-2/h3-10H,2,18H2,1H3,(H,20,21);2*1-2H3. The van der Waals surface area contributed by atoms with Crippen LogP contribution in [0.1, 0.15) is 40.2 Å². The Labute approximate surface area is 155 Å². The number of benzene rings is 2. The van der Waals surface area contributed by atoms with Crippen LogP contribution >= 0.6 is 0 Å². The number of nitrogens with zero attached hydrogens (tertiary/aromatic N) is 1. The van der Waals surface area contributed by atoms with Crippen molar-refractivity contribution in [2.75, 3.05) is 17.7 Å². The number of aliphatic imine (C=N–C) groups is 1. The number of nitrogens with one attached hydrogen (secondary N) is 1. The molecule has 0 atom stereocenters. The van der Waals surface area contributed by atoms with E-state index in [2.05, 4.69) is 10.3 Å². The van der Waals surface area contributed by atoms with Crippen LogP contribution in [0.5, 0.6) is 0 Å². The molecule has 0 saturated heterocycles. The molecule has 0 spiro atoms. The number of hydrogen-bond acceptors (Lipinski definition) is 4. The average Bonchev–Trinajstić information content (AvgIpc) is 2.67. The molecule has 0 fully saturated rings. The molecule has 26 heavy (non-hydrogen) atoms. The Morgan fingerprint density at radius 2 is 1.77 bits per heavy atom. The Morgan fingerprint density at radius 3 is 2.31 bits per heavy atom. The molecule has 6 heteroatoms. The molecule has 5 nitrogen and oxygen atoms in total. The molecule has 0 aromatic heterocycles.